The summed E-state index contributed by atoms with van der Waals surface area (Å²) >= 11 is 5.97. The molecule has 0 aliphatic carbocycles. The van der Waals surface area contributed by atoms with Gasteiger partial charge in [0, 0.05) is 21.8 Å². The first kappa shape index (κ1) is 17.3. The maximum absolute atomic E-state index is 12.8. The number of aromatic nitrogens is 2. The van der Waals surface area contributed by atoms with Crippen LogP contribution in [-0.2, 0) is 9.59 Å². The number of hydrogen-bond donors (Lipinski definition) is 2. The van der Waals surface area contributed by atoms with Crippen molar-refractivity contribution >= 4 is 34.9 Å². The van der Waals surface area contributed by atoms with Gasteiger partial charge in [-0.05, 0) is 31.2 Å². The van der Waals surface area contributed by atoms with Crippen molar-refractivity contribution in [3.05, 3.63) is 65.2 Å². The number of fused-ring (bicyclic) bond motifs is 1. The summed E-state index contributed by atoms with van der Waals surface area (Å²) in [6.45, 7) is 1.88. The summed E-state index contributed by atoms with van der Waals surface area (Å²) in [6.07, 6.45) is 0.0346. The summed E-state index contributed by atoms with van der Waals surface area (Å²) in [7, 11) is 0. The fourth-order valence-corrected chi connectivity index (χ4v) is 3.30. The predicted octanol–water partition coefficient (Wildman–Crippen LogP) is 4.03. The van der Waals surface area contributed by atoms with E-state index in [1.807, 2.05) is 37.3 Å². The van der Waals surface area contributed by atoms with E-state index >= 15 is 0 Å². The predicted molar refractivity (Wildman–Crippen MR) is 105 cm³/mol. The summed E-state index contributed by atoms with van der Waals surface area (Å²) in [4.78, 5) is 25.0. The van der Waals surface area contributed by atoms with Crippen LogP contribution >= 0.6 is 11.6 Å². The zero-order valence-electron chi connectivity index (χ0n) is 14.6. The number of para-hydroxylation sites is 1. The fourth-order valence-electron chi connectivity index (χ4n) is 3.17. The summed E-state index contributed by atoms with van der Waals surface area (Å²) in [5.41, 5.74) is 3.07. The van der Waals surface area contributed by atoms with Crippen LogP contribution in [0.2, 0.25) is 5.02 Å². The van der Waals surface area contributed by atoms with Crippen molar-refractivity contribution < 1.29 is 9.59 Å². The molecule has 0 saturated heterocycles. The lowest BCUT2D eigenvalue weighted by atomic mass is 10.1. The van der Waals surface area contributed by atoms with Crippen LogP contribution in [0.1, 0.15) is 18.0 Å². The Bertz CT molecular complexity index is 1010. The molecule has 2 heterocycles. The quantitative estimate of drug-likeness (QED) is 0.720. The summed E-state index contributed by atoms with van der Waals surface area (Å²) < 4.78 is 1.60. The molecule has 1 aliphatic heterocycles. The Morgan fingerprint density at radius 1 is 1.19 bits per heavy atom. The molecule has 0 unspecified atom stereocenters. The highest BCUT2D eigenvalue weighted by atomic mass is 35.5. The second kappa shape index (κ2) is 6.89. The van der Waals surface area contributed by atoms with E-state index in [1.54, 1.807) is 28.9 Å². The lowest BCUT2D eigenvalue weighted by Gasteiger charge is -2.24. The molecule has 0 spiro atoms. The van der Waals surface area contributed by atoms with E-state index in [0.717, 1.165) is 11.1 Å². The van der Waals surface area contributed by atoms with Crippen LogP contribution in [-0.4, -0.2) is 21.6 Å². The maximum Gasteiger partial charge on any atom is 0.249 e. The molecule has 0 radical (unpaired) electrons. The van der Waals surface area contributed by atoms with Gasteiger partial charge < -0.3 is 10.6 Å². The Morgan fingerprint density at radius 2 is 1.89 bits per heavy atom. The van der Waals surface area contributed by atoms with E-state index in [9.17, 15) is 9.59 Å². The van der Waals surface area contributed by atoms with Gasteiger partial charge in [-0.15, -0.1) is 0 Å². The molecule has 7 heteroatoms. The number of amides is 2. The van der Waals surface area contributed by atoms with Gasteiger partial charge in [0.25, 0.3) is 0 Å². The minimum absolute atomic E-state index is 0.0346. The molecule has 0 bridgehead atoms. The molecule has 1 atom stereocenters. The summed E-state index contributed by atoms with van der Waals surface area (Å²) in [5, 5.41) is 10.9. The first-order valence-corrected chi connectivity index (χ1v) is 8.91. The number of nitrogens with zero attached hydrogens (tertiary/aromatic N) is 2. The van der Waals surface area contributed by atoms with Crippen LogP contribution in [0.15, 0.2) is 54.6 Å². The number of benzene rings is 2. The number of nitrogens with one attached hydrogen (secondary N) is 2. The molecular formula is C20H17ClN4O2. The molecule has 0 saturated carbocycles. The van der Waals surface area contributed by atoms with E-state index in [0.29, 0.717) is 22.2 Å². The molecular weight excluding hydrogens is 364 g/mol. The highest BCUT2D eigenvalue weighted by molar-refractivity contribution is 6.30. The number of anilines is 2. The van der Waals surface area contributed by atoms with Gasteiger partial charge in [0.15, 0.2) is 0 Å². The SMILES string of the molecule is Cc1c(-c2ccc(Cl)cc2)nn2c1NC(=O)C[C@@H]2C(=O)Nc1ccccc1. The van der Waals surface area contributed by atoms with Crippen LogP contribution in [0.5, 0.6) is 0 Å². The van der Waals surface area contributed by atoms with Gasteiger partial charge in [0.05, 0.1) is 12.1 Å². The van der Waals surface area contributed by atoms with E-state index in [1.165, 1.54) is 0 Å². The number of rotatable bonds is 3. The van der Waals surface area contributed by atoms with Crippen molar-refractivity contribution in [3.8, 4) is 11.3 Å². The van der Waals surface area contributed by atoms with Gasteiger partial charge >= 0.3 is 0 Å². The second-order valence-corrected chi connectivity index (χ2v) is 6.83. The average molecular weight is 381 g/mol. The topological polar surface area (TPSA) is 76.0 Å². The van der Waals surface area contributed by atoms with Gasteiger partial charge in [-0.1, -0.05) is 41.9 Å². The molecule has 2 N–H and O–H groups in total. The van der Waals surface area contributed by atoms with Gasteiger partial charge in [-0.2, -0.15) is 5.10 Å². The van der Waals surface area contributed by atoms with Crippen molar-refractivity contribution in [1.82, 2.24) is 9.78 Å². The van der Waals surface area contributed by atoms with Crippen molar-refractivity contribution in [2.75, 3.05) is 10.6 Å². The Hall–Kier alpha value is -3.12. The van der Waals surface area contributed by atoms with Gasteiger partial charge in [-0.25, -0.2) is 4.68 Å². The van der Waals surface area contributed by atoms with Crippen LogP contribution in [0.4, 0.5) is 11.5 Å². The first-order valence-electron chi connectivity index (χ1n) is 8.54. The van der Waals surface area contributed by atoms with Crippen LogP contribution in [0, 0.1) is 6.92 Å². The third kappa shape index (κ3) is 3.31. The van der Waals surface area contributed by atoms with Crippen molar-refractivity contribution in [2.24, 2.45) is 0 Å². The molecule has 2 aromatic carbocycles. The summed E-state index contributed by atoms with van der Waals surface area (Å²) in [6, 6.07) is 15.7. The van der Waals surface area contributed by atoms with Crippen molar-refractivity contribution in [1.29, 1.82) is 0 Å². The van der Waals surface area contributed by atoms with Crippen LogP contribution in [0.25, 0.3) is 11.3 Å². The molecule has 2 amide bonds. The summed E-state index contributed by atoms with van der Waals surface area (Å²) in [5.74, 6) is 0.0632. The minimum atomic E-state index is -0.714. The minimum Gasteiger partial charge on any atom is -0.324 e. The highest BCUT2D eigenvalue weighted by Gasteiger charge is 2.34. The third-order valence-electron chi connectivity index (χ3n) is 4.54. The number of carbonyl (C=O) groups excluding carboxylic acids is 2. The van der Waals surface area contributed by atoms with Crippen molar-refractivity contribution in [3.63, 3.8) is 0 Å². The van der Waals surface area contributed by atoms with E-state index in [2.05, 4.69) is 15.7 Å². The molecule has 136 valence electrons. The number of halogens is 1. The average Bonchev–Trinajstić information content (AvgIpc) is 2.99. The highest BCUT2D eigenvalue weighted by Crippen LogP contribution is 2.34. The molecule has 1 aliphatic rings. The smallest absolute Gasteiger partial charge is 0.249 e. The Kier molecular flexibility index (Phi) is 4.41. The fraction of sp³-hybridized carbons (Fsp3) is 0.150. The molecule has 1 aromatic heterocycles. The Labute approximate surface area is 161 Å². The van der Waals surface area contributed by atoms with Gasteiger partial charge in [-0.3, -0.25) is 9.59 Å². The van der Waals surface area contributed by atoms with Crippen LogP contribution < -0.4 is 10.6 Å². The largest absolute Gasteiger partial charge is 0.324 e. The van der Waals surface area contributed by atoms with E-state index in [-0.39, 0.29) is 18.2 Å². The molecule has 4 rings (SSSR count). The molecule has 3 aromatic rings. The lowest BCUT2D eigenvalue weighted by Crippen LogP contribution is -2.35. The van der Waals surface area contributed by atoms with Crippen molar-refractivity contribution in [2.45, 2.75) is 19.4 Å². The monoisotopic (exact) mass is 380 g/mol. The zero-order valence-corrected chi connectivity index (χ0v) is 15.3. The standard InChI is InChI=1S/C20H17ClN4O2/c1-12-18(13-7-9-14(21)10-8-13)24-25-16(11-17(26)23-19(12)25)20(27)22-15-5-3-2-4-6-15/h2-10,16H,11H2,1H3,(H,22,27)(H,23,26)/t16-/m1/s1. The lowest BCUT2D eigenvalue weighted by molar-refractivity contribution is -0.125. The molecule has 6 nitrogen and oxygen atoms in total. The Balaban J connectivity index is 1.71. The third-order valence-corrected chi connectivity index (χ3v) is 4.79. The zero-order chi connectivity index (χ0) is 19.0. The van der Waals surface area contributed by atoms with Crippen LogP contribution in [0.3, 0.4) is 0 Å². The second-order valence-electron chi connectivity index (χ2n) is 6.40. The van der Waals surface area contributed by atoms with Gasteiger partial charge in [0.2, 0.25) is 11.8 Å². The number of hydrogen-bond acceptors (Lipinski definition) is 3. The molecule has 27 heavy (non-hydrogen) atoms. The first-order chi connectivity index (χ1) is 13.0. The van der Waals surface area contributed by atoms with Gasteiger partial charge in [0.1, 0.15) is 11.9 Å². The van der Waals surface area contributed by atoms with E-state index < -0.39 is 6.04 Å². The Morgan fingerprint density at radius 3 is 2.59 bits per heavy atom. The maximum atomic E-state index is 12.8. The normalized spacial score (nSPS) is 15.8. The molecule has 0 fully saturated rings. The van der Waals surface area contributed by atoms with E-state index in [4.69, 9.17) is 11.6 Å². The number of carbonyl (C=O) groups is 2.